The molecular formula is C11H20O8. The van der Waals surface area contributed by atoms with Gasteiger partial charge in [0.05, 0.1) is 19.3 Å². The van der Waals surface area contributed by atoms with Crippen molar-refractivity contribution in [1.29, 1.82) is 0 Å². The van der Waals surface area contributed by atoms with Gasteiger partial charge in [-0.3, -0.25) is 0 Å². The van der Waals surface area contributed by atoms with E-state index in [9.17, 15) is 25.5 Å². The summed E-state index contributed by atoms with van der Waals surface area (Å²) < 4.78 is 15.7. The molecule has 0 bridgehead atoms. The van der Waals surface area contributed by atoms with Crippen molar-refractivity contribution >= 4 is 0 Å². The van der Waals surface area contributed by atoms with E-state index in [1.165, 1.54) is 0 Å². The smallest absolute Gasteiger partial charge is 0.186 e. The Morgan fingerprint density at radius 2 is 1.42 bits per heavy atom. The van der Waals surface area contributed by atoms with Crippen molar-refractivity contribution < 1.29 is 39.7 Å². The summed E-state index contributed by atoms with van der Waals surface area (Å²) in [6.45, 7) is 1.46. The van der Waals surface area contributed by atoms with Gasteiger partial charge in [-0.15, -0.1) is 0 Å². The van der Waals surface area contributed by atoms with Gasteiger partial charge in [-0.1, -0.05) is 0 Å². The molecule has 8 nitrogen and oxygen atoms in total. The standard InChI is InChI=1S/C11H20O8/c1-4-10(8(15)6(13)2-17-4)19-11-9(16)7(14)5(12)3-18-11/h4-16H,2-3H2,1H3. The maximum Gasteiger partial charge on any atom is 0.186 e. The minimum atomic E-state index is -1.44. The molecule has 2 heterocycles. The van der Waals surface area contributed by atoms with Gasteiger partial charge >= 0.3 is 0 Å². The average molecular weight is 280 g/mol. The first-order chi connectivity index (χ1) is 8.91. The van der Waals surface area contributed by atoms with Crippen molar-refractivity contribution in [3.8, 4) is 0 Å². The summed E-state index contributed by atoms with van der Waals surface area (Å²) in [4.78, 5) is 0. The SMILES string of the molecule is CC1OCC(O)C(O)C1OC1OCC(O)C(O)C1O. The van der Waals surface area contributed by atoms with Crippen LogP contribution in [0.1, 0.15) is 6.92 Å². The van der Waals surface area contributed by atoms with Crippen molar-refractivity contribution in [2.75, 3.05) is 13.2 Å². The molecule has 8 unspecified atom stereocenters. The molecule has 2 aliphatic rings. The van der Waals surface area contributed by atoms with Crippen LogP contribution in [0.3, 0.4) is 0 Å². The van der Waals surface area contributed by atoms with E-state index >= 15 is 0 Å². The predicted octanol–water partition coefficient (Wildman–Crippen LogP) is -3.05. The molecule has 8 atom stereocenters. The highest BCUT2D eigenvalue weighted by atomic mass is 16.7. The molecule has 2 fully saturated rings. The summed E-state index contributed by atoms with van der Waals surface area (Å²) in [5.74, 6) is 0. The fourth-order valence-corrected chi connectivity index (χ4v) is 2.19. The molecule has 5 N–H and O–H groups in total. The lowest BCUT2D eigenvalue weighted by Crippen LogP contribution is -2.59. The molecule has 0 aromatic heterocycles. The maximum atomic E-state index is 9.84. The lowest BCUT2D eigenvalue weighted by Gasteiger charge is -2.41. The first-order valence-corrected chi connectivity index (χ1v) is 6.21. The number of rotatable bonds is 2. The number of aliphatic hydroxyl groups excluding tert-OH is 5. The molecule has 2 saturated heterocycles. The third kappa shape index (κ3) is 3.06. The van der Waals surface area contributed by atoms with Gasteiger partial charge in [-0.2, -0.15) is 0 Å². The van der Waals surface area contributed by atoms with Crippen LogP contribution in [0.5, 0.6) is 0 Å². The Kier molecular flexibility index (Phi) is 4.75. The van der Waals surface area contributed by atoms with Gasteiger partial charge in [0.1, 0.15) is 36.6 Å². The summed E-state index contributed by atoms with van der Waals surface area (Å²) in [7, 11) is 0. The van der Waals surface area contributed by atoms with Crippen LogP contribution in [0.15, 0.2) is 0 Å². The van der Waals surface area contributed by atoms with Crippen molar-refractivity contribution in [2.24, 2.45) is 0 Å². The molecule has 19 heavy (non-hydrogen) atoms. The van der Waals surface area contributed by atoms with E-state index in [0.29, 0.717) is 0 Å². The van der Waals surface area contributed by atoms with Crippen molar-refractivity contribution in [3.05, 3.63) is 0 Å². The molecule has 8 heteroatoms. The van der Waals surface area contributed by atoms with E-state index in [4.69, 9.17) is 14.2 Å². The summed E-state index contributed by atoms with van der Waals surface area (Å²) >= 11 is 0. The highest BCUT2D eigenvalue weighted by Gasteiger charge is 2.44. The highest BCUT2D eigenvalue weighted by molar-refractivity contribution is 4.89. The van der Waals surface area contributed by atoms with Gasteiger partial charge in [-0.05, 0) is 6.92 Å². The highest BCUT2D eigenvalue weighted by Crippen LogP contribution is 2.24. The van der Waals surface area contributed by atoms with E-state index in [-0.39, 0.29) is 13.2 Å². The second-order valence-corrected chi connectivity index (χ2v) is 4.95. The van der Waals surface area contributed by atoms with Crippen LogP contribution in [-0.2, 0) is 14.2 Å². The predicted molar refractivity (Wildman–Crippen MR) is 60.1 cm³/mol. The van der Waals surface area contributed by atoms with Crippen LogP contribution in [0.25, 0.3) is 0 Å². The average Bonchev–Trinajstić information content (AvgIpc) is 2.39. The first-order valence-electron chi connectivity index (χ1n) is 6.21. The molecule has 0 saturated carbocycles. The Labute approximate surface area is 110 Å². The topological polar surface area (TPSA) is 129 Å². The molecular weight excluding hydrogens is 260 g/mol. The minimum Gasteiger partial charge on any atom is -0.388 e. The van der Waals surface area contributed by atoms with Gasteiger partial charge in [0.15, 0.2) is 6.29 Å². The Bertz CT molecular complexity index is 300. The zero-order valence-electron chi connectivity index (χ0n) is 10.5. The summed E-state index contributed by atoms with van der Waals surface area (Å²) in [5.41, 5.74) is 0. The van der Waals surface area contributed by atoms with Crippen molar-refractivity contribution in [3.63, 3.8) is 0 Å². The van der Waals surface area contributed by atoms with Crippen LogP contribution >= 0.6 is 0 Å². The Balaban J connectivity index is 1.99. The van der Waals surface area contributed by atoms with E-state index < -0.39 is 49.0 Å². The van der Waals surface area contributed by atoms with Crippen molar-refractivity contribution in [2.45, 2.75) is 55.9 Å². The molecule has 0 spiro atoms. The molecule has 0 aromatic rings. The molecule has 0 radical (unpaired) electrons. The summed E-state index contributed by atoms with van der Waals surface area (Å²) in [5, 5.41) is 47.9. The number of hydrogen-bond acceptors (Lipinski definition) is 8. The zero-order valence-corrected chi connectivity index (χ0v) is 10.5. The summed E-state index contributed by atoms with van der Waals surface area (Å²) in [6, 6.07) is 0. The molecule has 0 amide bonds. The van der Waals surface area contributed by atoms with Crippen LogP contribution in [-0.4, -0.2) is 87.8 Å². The largest absolute Gasteiger partial charge is 0.388 e. The molecule has 2 rings (SSSR count). The Morgan fingerprint density at radius 1 is 0.842 bits per heavy atom. The van der Waals surface area contributed by atoms with E-state index in [2.05, 4.69) is 0 Å². The lowest BCUT2D eigenvalue weighted by atomic mass is 10.00. The molecule has 2 aliphatic heterocycles. The summed E-state index contributed by atoms with van der Waals surface area (Å²) in [6.07, 6.45) is -8.88. The quantitative estimate of drug-likeness (QED) is 0.361. The third-order valence-corrected chi connectivity index (χ3v) is 3.47. The first kappa shape index (κ1) is 15.1. The van der Waals surface area contributed by atoms with Crippen LogP contribution < -0.4 is 0 Å². The van der Waals surface area contributed by atoms with Gasteiger partial charge in [0, 0.05) is 0 Å². The molecule has 0 aromatic carbocycles. The van der Waals surface area contributed by atoms with Crippen LogP contribution in [0.4, 0.5) is 0 Å². The van der Waals surface area contributed by atoms with Gasteiger partial charge in [0.2, 0.25) is 0 Å². The molecule has 112 valence electrons. The lowest BCUT2D eigenvalue weighted by molar-refractivity contribution is -0.313. The normalized spacial score (nSPS) is 52.1. The van der Waals surface area contributed by atoms with Crippen LogP contribution in [0, 0.1) is 0 Å². The monoisotopic (exact) mass is 280 g/mol. The van der Waals surface area contributed by atoms with Gasteiger partial charge in [-0.25, -0.2) is 0 Å². The number of ether oxygens (including phenoxy) is 3. The minimum absolute atomic E-state index is 0.00237. The van der Waals surface area contributed by atoms with Gasteiger partial charge < -0.3 is 39.7 Å². The second kappa shape index (κ2) is 5.98. The fourth-order valence-electron chi connectivity index (χ4n) is 2.19. The van der Waals surface area contributed by atoms with E-state index in [1.54, 1.807) is 6.92 Å². The Hall–Kier alpha value is -0.320. The van der Waals surface area contributed by atoms with Crippen LogP contribution in [0.2, 0.25) is 0 Å². The second-order valence-electron chi connectivity index (χ2n) is 4.95. The number of aliphatic hydroxyl groups is 5. The Morgan fingerprint density at radius 3 is 2.11 bits per heavy atom. The van der Waals surface area contributed by atoms with E-state index in [0.717, 1.165) is 0 Å². The number of hydrogen-bond donors (Lipinski definition) is 5. The van der Waals surface area contributed by atoms with Gasteiger partial charge in [0.25, 0.3) is 0 Å². The zero-order chi connectivity index (χ0) is 14.2. The molecule has 0 aliphatic carbocycles. The third-order valence-electron chi connectivity index (χ3n) is 3.47. The van der Waals surface area contributed by atoms with Crippen molar-refractivity contribution in [1.82, 2.24) is 0 Å². The fraction of sp³-hybridized carbons (Fsp3) is 1.00. The van der Waals surface area contributed by atoms with E-state index in [1.807, 2.05) is 0 Å². The maximum absolute atomic E-state index is 9.84.